The zero-order chi connectivity index (χ0) is 26.1. The second-order valence-corrected chi connectivity index (χ2v) is 11.3. The molecule has 0 spiro atoms. The van der Waals surface area contributed by atoms with E-state index in [0.29, 0.717) is 22.1 Å². The van der Waals surface area contributed by atoms with Crippen molar-refractivity contribution in [1.29, 1.82) is 0 Å². The van der Waals surface area contributed by atoms with Crippen LogP contribution in [0.25, 0.3) is 5.48 Å². The molecule has 0 aliphatic heterocycles. The number of hydrogen-bond donors (Lipinski definition) is 1. The van der Waals surface area contributed by atoms with Crippen LogP contribution in [-0.2, 0) is 25.9 Å². The van der Waals surface area contributed by atoms with Gasteiger partial charge in [0.2, 0.25) is 10.0 Å². The number of nitrogens with zero attached hydrogens (tertiary/aromatic N) is 1. The van der Waals surface area contributed by atoms with Crippen molar-refractivity contribution in [3.05, 3.63) is 94.7 Å². The van der Waals surface area contributed by atoms with E-state index < -0.39 is 22.0 Å². The first-order valence-corrected chi connectivity index (χ1v) is 13.7. The molecule has 0 amide bonds. The summed E-state index contributed by atoms with van der Waals surface area (Å²) in [7, 11) is -4.07. The maximum atomic E-state index is 13.2. The van der Waals surface area contributed by atoms with E-state index in [2.05, 4.69) is 10.2 Å². The Morgan fingerprint density at radius 1 is 1.11 bits per heavy atom. The summed E-state index contributed by atoms with van der Waals surface area (Å²) in [5.41, 5.74) is 4.69. The van der Waals surface area contributed by atoms with Crippen molar-refractivity contribution in [3.63, 3.8) is 0 Å². The molecule has 1 unspecified atom stereocenters. The number of halogens is 3. The average molecular weight is 685 g/mol. The molecule has 3 aromatic rings. The fourth-order valence-corrected chi connectivity index (χ4v) is 4.42. The third-order valence-corrected chi connectivity index (χ3v) is 6.43. The zero-order valence-electron chi connectivity index (χ0n) is 19.9. The Morgan fingerprint density at radius 2 is 1.78 bits per heavy atom. The monoisotopic (exact) mass is 684 g/mol. The fraction of sp³-hybridized carbons (Fsp3) is 0.174. The van der Waals surface area contributed by atoms with Crippen molar-refractivity contribution >= 4 is 54.7 Å². The normalized spacial score (nSPS) is 11.7. The minimum absolute atomic E-state index is 0. The van der Waals surface area contributed by atoms with E-state index in [0.717, 1.165) is 24.3 Å². The Morgan fingerprint density at radius 3 is 2.41 bits per heavy atom. The predicted octanol–water partition coefficient (Wildman–Crippen LogP) is 2.17. The van der Waals surface area contributed by atoms with Gasteiger partial charge in [-0.05, 0) is 73.1 Å². The molecule has 0 saturated heterocycles. The predicted molar refractivity (Wildman–Crippen MR) is 143 cm³/mol. The van der Waals surface area contributed by atoms with Crippen LogP contribution < -0.4 is 65.7 Å². The number of rotatable bonds is 12. The maximum Gasteiger partial charge on any atom is 1.00 e. The summed E-state index contributed by atoms with van der Waals surface area (Å²) < 4.78 is 51.7. The van der Waals surface area contributed by atoms with Crippen molar-refractivity contribution in [2.24, 2.45) is 0 Å². The van der Waals surface area contributed by atoms with Crippen molar-refractivity contribution < 1.29 is 83.2 Å². The van der Waals surface area contributed by atoms with E-state index in [4.69, 9.17) is 25.8 Å². The molecule has 0 saturated carbocycles. The molecular formula is C23H21BClFIKN2O6S. The molecule has 3 aromatic carbocycles. The van der Waals surface area contributed by atoms with Gasteiger partial charge in [-0.2, -0.15) is 0 Å². The molecule has 0 aliphatic rings. The SMILES string of the molecule is CB(I)OC(=O)Cc1ccc(O[N-]C(COc2cccc(Cl)c2)NS(=O)(=O)c2ccc(F)cc2)cc1.[K+]. The van der Waals surface area contributed by atoms with Gasteiger partial charge < -0.3 is 19.7 Å². The minimum Gasteiger partial charge on any atom is -0.586 e. The number of carbonyl (C=O) groups excluding carboxylic acids is 1. The molecule has 0 fully saturated rings. The molecule has 37 heavy (non-hydrogen) atoms. The summed E-state index contributed by atoms with van der Waals surface area (Å²) in [6.07, 6.45) is -1.07. The number of benzene rings is 3. The molecule has 0 radical (unpaired) electrons. The number of ether oxygens (including phenoxy) is 1. The topological polar surface area (TPSA) is 105 Å². The molecule has 1 N–H and O–H groups in total. The van der Waals surface area contributed by atoms with E-state index in [-0.39, 0.29) is 80.0 Å². The van der Waals surface area contributed by atoms with Crippen molar-refractivity contribution in [2.75, 3.05) is 6.61 Å². The number of sulfonamides is 1. The Kier molecular flexibility index (Phi) is 13.8. The molecule has 0 heterocycles. The van der Waals surface area contributed by atoms with Crippen LogP contribution in [0.4, 0.5) is 4.39 Å². The van der Waals surface area contributed by atoms with Crippen LogP contribution in [-0.4, -0.2) is 31.9 Å². The van der Waals surface area contributed by atoms with Gasteiger partial charge in [0.1, 0.15) is 17.3 Å². The Hall–Kier alpha value is -0.749. The number of hydrogen-bond acceptors (Lipinski definition) is 6. The van der Waals surface area contributed by atoms with Gasteiger partial charge >= 0.3 is 56.2 Å². The van der Waals surface area contributed by atoms with Crippen LogP contribution in [0.15, 0.2) is 77.7 Å². The number of hydroxylamine groups is 1. The third kappa shape index (κ3) is 11.5. The number of carbonyl (C=O) groups is 1. The number of nitrogens with one attached hydrogen (secondary N) is 1. The first-order chi connectivity index (χ1) is 17.1. The van der Waals surface area contributed by atoms with Crippen molar-refractivity contribution in [2.45, 2.75) is 24.3 Å². The van der Waals surface area contributed by atoms with Gasteiger partial charge in [0.25, 0.3) is 5.97 Å². The second-order valence-electron chi connectivity index (χ2n) is 7.41. The largest absolute Gasteiger partial charge is 1.00 e. The van der Waals surface area contributed by atoms with Crippen LogP contribution in [0.1, 0.15) is 5.56 Å². The molecule has 1 atom stereocenters. The summed E-state index contributed by atoms with van der Waals surface area (Å²) in [5, 5.41) is 0.445. The van der Waals surface area contributed by atoms with Gasteiger partial charge in [0, 0.05) is 5.02 Å². The van der Waals surface area contributed by atoms with E-state index in [1.807, 2.05) is 22.4 Å². The summed E-state index contributed by atoms with van der Waals surface area (Å²) in [5.74, 6) is -0.212. The van der Waals surface area contributed by atoms with Crippen LogP contribution in [0, 0.1) is 5.82 Å². The molecule has 0 aromatic heterocycles. The molecule has 14 heteroatoms. The first kappa shape index (κ1) is 32.5. The van der Waals surface area contributed by atoms with Gasteiger partial charge in [-0.1, -0.05) is 52.2 Å². The van der Waals surface area contributed by atoms with Gasteiger partial charge in [-0.15, -0.1) is 0 Å². The van der Waals surface area contributed by atoms with Gasteiger partial charge in [0.05, 0.1) is 17.9 Å². The fourth-order valence-electron chi connectivity index (χ4n) is 2.86. The summed E-state index contributed by atoms with van der Waals surface area (Å²) in [6, 6.07) is 17.4. The van der Waals surface area contributed by atoms with Gasteiger partial charge in [0.15, 0.2) is 0 Å². The van der Waals surface area contributed by atoms with Gasteiger partial charge in [-0.25, -0.2) is 17.5 Å². The molecule has 8 nitrogen and oxygen atoms in total. The Balaban J connectivity index is 0.00000481. The summed E-state index contributed by atoms with van der Waals surface area (Å²) in [4.78, 5) is 17.1. The second kappa shape index (κ2) is 15.7. The summed E-state index contributed by atoms with van der Waals surface area (Å²) >= 11 is 7.96. The molecule has 3 rings (SSSR count). The Bertz CT molecular complexity index is 1270. The molecule has 0 aliphatic carbocycles. The van der Waals surface area contributed by atoms with E-state index in [1.54, 1.807) is 55.4 Å². The zero-order valence-corrected chi connectivity index (χ0v) is 26.8. The van der Waals surface area contributed by atoms with E-state index >= 15 is 0 Å². The van der Waals surface area contributed by atoms with E-state index in [9.17, 15) is 17.6 Å². The maximum absolute atomic E-state index is 13.2. The van der Waals surface area contributed by atoms with E-state index in [1.165, 1.54) is 0 Å². The van der Waals surface area contributed by atoms with Crippen molar-refractivity contribution in [3.8, 4) is 11.5 Å². The first-order valence-electron chi connectivity index (χ1n) is 10.6. The smallest absolute Gasteiger partial charge is 0.586 e. The average Bonchev–Trinajstić information content (AvgIpc) is 2.81. The van der Waals surface area contributed by atoms with Gasteiger partial charge in [-0.3, -0.25) is 4.79 Å². The minimum atomic E-state index is -4.07. The van der Waals surface area contributed by atoms with Crippen LogP contribution in [0.2, 0.25) is 11.8 Å². The Labute approximate surface area is 276 Å². The quantitative estimate of drug-likeness (QED) is 0.178. The summed E-state index contributed by atoms with van der Waals surface area (Å²) in [6.45, 7) is 1.53. The molecule has 190 valence electrons. The molecular weight excluding hydrogens is 664 g/mol. The standard InChI is InChI=1S/C23H21BClFIN2O6S.K/c1-24(27)34-23(30)13-16-5-9-19(10-6-16)35-28-22(15-33-20-4-2-3-17(25)14-20)29-36(31,32)21-11-7-18(26)8-12-21;/h2-12,14,22,29H,13,15H2,1H3;/q-1;+1. The van der Waals surface area contributed by atoms with Crippen LogP contribution in [0.5, 0.6) is 11.5 Å². The molecule has 0 bridgehead atoms. The van der Waals surface area contributed by atoms with Crippen molar-refractivity contribution in [1.82, 2.24) is 4.72 Å². The van der Waals surface area contributed by atoms with Crippen LogP contribution in [0.3, 0.4) is 0 Å². The third-order valence-electron chi connectivity index (χ3n) is 4.47. The van der Waals surface area contributed by atoms with Crippen LogP contribution >= 0.6 is 34.0 Å².